The standard InChI is InChI=1S/C7H13N/c1-4-6-8(3)7-5-2/h4,6H2,1-3H3. The minimum Gasteiger partial charge on any atom is -0.336 e. The lowest BCUT2D eigenvalue weighted by Gasteiger charge is -2.06. The Labute approximate surface area is 51.7 Å². The highest BCUT2D eigenvalue weighted by atomic mass is 15.1. The monoisotopic (exact) mass is 111 g/mol. The zero-order valence-corrected chi connectivity index (χ0v) is 5.86. The first kappa shape index (κ1) is 7.36. The van der Waals surface area contributed by atoms with Gasteiger partial charge in [-0.2, -0.15) is 0 Å². The van der Waals surface area contributed by atoms with Gasteiger partial charge >= 0.3 is 0 Å². The molecule has 0 aliphatic carbocycles. The van der Waals surface area contributed by atoms with Crippen LogP contribution in [0.3, 0.4) is 0 Å². The van der Waals surface area contributed by atoms with Crippen LogP contribution in [0.15, 0.2) is 0 Å². The third kappa shape index (κ3) is 3.55. The zero-order chi connectivity index (χ0) is 6.41. The van der Waals surface area contributed by atoms with Crippen LogP contribution in [0, 0.1) is 12.0 Å². The minimum atomic E-state index is 1.07. The summed E-state index contributed by atoms with van der Waals surface area (Å²) in [5, 5.41) is 0. The van der Waals surface area contributed by atoms with Gasteiger partial charge in [-0.1, -0.05) is 12.8 Å². The van der Waals surface area contributed by atoms with Gasteiger partial charge in [0.05, 0.1) is 0 Å². The third-order valence-corrected chi connectivity index (χ3v) is 0.862. The van der Waals surface area contributed by atoms with E-state index in [1.807, 2.05) is 18.9 Å². The van der Waals surface area contributed by atoms with Gasteiger partial charge in [0.15, 0.2) is 0 Å². The van der Waals surface area contributed by atoms with E-state index in [2.05, 4.69) is 18.9 Å². The minimum absolute atomic E-state index is 1.07. The Morgan fingerprint density at radius 3 is 2.50 bits per heavy atom. The Hall–Kier alpha value is -0.640. The summed E-state index contributed by atoms with van der Waals surface area (Å²) in [7, 11) is 2.00. The fraction of sp³-hybridized carbons (Fsp3) is 0.714. The summed E-state index contributed by atoms with van der Waals surface area (Å²) in [5.74, 6) is 2.83. The lowest BCUT2D eigenvalue weighted by molar-refractivity contribution is 0.480. The van der Waals surface area contributed by atoms with Gasteiger partial charge in [-0.05, 0) is 13.3 Å². The van der Waals surface area contributed by atoms with E-state index >= 15 is 0 Å². The molecule has 0 amide bonds. The molecule has 0 heterocycles. The number of rotatable bonds is 2. The smallest absolute Gasteiger partial charge is 0.0254 e. The normalized spacial score (nSPS) is 7.38. The zero-order valence-electron chi connectivity index (χ0n) is 5.86. The van der Waals surface area contributed by atoms with Gasteiger partial charge in [0.25, 0.3) is 0 Å². The molecular weight excluding hydrogens is 98.1 g/mol. The number of hydrogen-bond donors (Lipinski definition) is 0. The summed E-state index contributed by atoms with van der Waals surface area (Å²) in [5.41, 5.74) is 0. The van der Waals surface area contributed by atoms with E-state index in [1.165, 1.54) is 6.42 Å². The molecule has 0 N–H and O–H groups in total. The van der Waals surface area contributed by atoms with Gasteiger partial charge in [0, 0.05) is 19.6 Å². The van der Waals surface area contributed by atoms with E-state index < -0.39 is 0 Å². The molecule has 0 saturated carbocycles. The van der Waals surface area contributed by atoms with Crippen molar-refractivity contribution in [3.8, 4) is 12.0 Å². The Morgan fingerprint density at radius 1 is 1.50 bits per heavy atom. The summed E-state index contributed by atoms with van der Waals surface area (Å²) in [6, 6.07) is 2.93. The van der Waals surface area contributed by atoms with Crippen LogP contribution in [0.25, 0.3) is 0 Å². The van der Waals surface area contributed by atoms with Crippen molar-refractivity contribution in [2.45, 2.75) is 20.3 Å². The average Bonchev–Trinajstić information content (AvgIpc) is 1.68. The van der Waals surface area contributed by atoms with Crippen molar-refractivity contribution in [2.75, 3.05) is 13.6 Å². The molecule has 0 radical (unpaired) electrons. The molecule has 0 aliphatic heterocycles. The Kier molecular flexibility index (Phi) is 4.16. The van der Waals surface area contributed by atoms with E-state index in [1.54, 1.807) is 0 Å². The van der Waals surface area contributed by atoms with Crippen LogP contribution in [0.4, 0.5) is 0 Å². The highest BCUT2D eigenvalue weighted by molar-refractivity contribution is 4.92. The molecule has 0 saturated heterocycles. The second-order valence-electron chi connectivity index (χ2n) is 1.78. The molecule has 0 aromatic carbocycles. The Bertz CT molecular complexity index is 96.7. The van der Waals surface area contributed by atoms with Gasteiger partial charge in [0.2, 0.25) is 0 Å². The molecule has 1 heteroatoms. The first-order valence-corrected chi connectivity index (χ1v) is 2.94. The molecule has 1 nitrogen and oxygen atoms in total. The molecule has 0 rings (SSSR count). The van der Waals surface area contributed by atoms with Crippen molar-refractivity contribution in [2.24, 2.45) is 0 Å². The molecule has 8 heavy (non-hydrogen) atoms. The fourth-order valence-corrected chi connectivity index (χ4v) is 0.582. The van der Waals surface area contributed by atoms with Crippen molar-refractivity contribution in [3.63, 3.8) is 0 Å². The first-order valence-electron chi connectivity index (χ1n) is 2.94. The molecular formula is C7H13N. The molecule has 0 aromatic rings. The maximum Gasteiger partial charge on any atom is 0.0254 e. The van der Waals surface area contributed by atoms with Crippen LogP contribution >= 0.6 is 0 Å². The van der Waals surface area contributed by atoms with Gasteiger partial charge in [-0.15, -0.1) is 0 Å². The van der Waals surface area contributed by atoms with Crippen LogP contribution in [0.2, 0.25) is 0 Å². The Morgan fingerprint density at radius 2 is 2.12 bits per heavy atom. The second-order valence-corrected chi connectivity index (χ2v) is 1.78. The predicted molar refractivity (Wildman–Crippen MR) is 36.4 cm³/mol. The first-order chi connectivity index (χ1) is 3.81. The summed E-state index contributed by atoms with van der Waals surface area (Å²) in [4.78, 5) is 2.00. The van der Waals surface area contributed by atoms with E-state index in [0.717, 1.165) is 6.54 Å². The molecule has 0 fully saturated rings. The van der Waals surface area contributed by atoms with E-state index in [0.29, 0.717) is 0 Å². The van der Waals surface area contributed by atoms with Crippen molar-refractivity contribution in [1.29, 1.82) is 0 Å². The van der Waals surface area contributed by atoms with Crippen LogP contribution < -0.4 is 0 Å². The summed E-state index contributed by atoms with van der Waals surface area (Å²) in [6.45, 7) is 5.07. The van der Waals surface area contributed by atoms with Gasteiger partial charge in [0.1, 0.15) is 0 Å². The highest BCUT2D eigenvalue weighted by Gasteiger charge is 1.82. The van der Waals surface area contributed by atoms with Gasteiger partial charge in [-0.25, -0.2) is 0 Å². The molecule has 0 aliphatic rings. The lowest BCUT2D eigenvalue weighted by atomic mass is 10.4. The van der Waals surface area contributed by atoms with Crippen molar-refractivity contribution < 1.29 is 0 Å². The van der Waals surface area contributed by atoms with Crippen molar-refractivity contribution in [3.05, 3.63) is 0 Å². The third-order valence-electron chi connectivity index (χ3n) is 0.862. The fourth-order valence-electron chi connectivity index (χ4n) is 0.582. The Balaban J connectivity index is 3.27. The quantitative estimate of drug-likeness (QED) is 0.383. The maximum absolute atomic E-state index is 2.93. The summed E-state index contributed by atoms with van der Waals surface area (Å²) < 4.78 is 0. The van der Waals surface area contributed by atoms with Crippen molar-refractivity contribution >= 4 is 0 Å². The van der Waals surface area contributed by atoms with Gasteiger partial charge < -0.3 is 4.90 Å². The van der Waals surface area contributed by atoms with E-state index in [4.69, 9.17) is 0 Å². The average molecular weight is 111 g/mol. The molecule has 0 aromatic heterocycles. The molecule has 0 bridgehead atoms. The van der Waals surface area contributed by atoms with Crippen LogP contribution in [-0.2, 0) is 0 Å². The molecule has 0 spiro atoms. The van der Waals surface area contributed by atoms with E-state index in [-0.39, 0.29) is 0 Å². The summed E-state index contributed by atoms with van der Waals surface area (Å²) in [6.07, 6.45) is 1.17. The predicted octanol–water partition coefficient (Wildman–Crippen LogP) is 1.31. The molecule has 0 atom stereocenters. The maximum atomic E-state index is 2.93. The van der Waals surface area contributed by atoms with Crippen LogP contribution in [-0.4, -0.2) is 18.5 Å². The summed E-state index contributed by atoms with van der Waals surface area (Å²) >= 11 is 0. The number of nitrogens with zero attached hydrogens (tertiary/aromatic N) is 1. The SMILES string of the molecule is CC#CN(C)CCC. The van der Waals surface area contributed by atoms with Crippen LogP contribution in [0.5, 0.6) is 0 Å². The van der Waals surface area contributed by atoms with Crippen molar-refractivity contribution in [1.82, 2.24) is 4.90 Å². The lowest BCUT2D eigenvalue weighted by Crippen LogP contribution is -2.11. The van der Waals surface area contributed by atoms with Crippen LogP contribution in [0.1, 0.15) is 20.3 Å². The van der Waals surface area contributed by atoms with E-state index in [9.17, 15) is 0 Å². The molecule has 0 unspecified atom stereocenters. The second kappa shape index (κ2) is 4.52. The van der Waals surface area contributed by atoms with Gasteiger partial charge in [-0.3, -0.25) is 0 Å². The highest BCUT2D eigenvalue weighted by Crippen LogP contribution is 1.80. The largest absolute Gasteiger partial charge is 0.336 e. The number of hydrogen-bond acceptors (Lipinski definition) is 1. The molecule has 46 valence electrons. The topological polar surface area (TPSA) is 3.24 Å².